The van der Waals surface area contributed by atoms with Crippen LogP contribution in [0, 0.1) is 0 Å². The van der Waals surface area contributed by atoms with Crippen LogP contribution < -0.4 is 26.0 Å². The molecule has 29 nitrogen and oxygen atoms in total. The SMILES string of the molecule is CCCCCCCCCCCOc1cccc(C(=O)NC2C(OC3C(CO)OC(OC4C(CO)OC(OC5C(COS(=O)(=O)OC)OC(OC)C(NC(C)=O)C5O)C(NC(C)=O)C4O)C(NC(C)=O)C3O)OC(CO)C(O)C2O)c1. The second-order valence-electron chi connectivity index (χ2n) is 20.0. The highest BCUT2D eigenvalue weighted by Crippen LogP contribution is 2.35. The minimum Gasteiger partial charge on any atom is -0.494 e. The van der Waals surface area contributed by atoms with Crippen LogP contribution in [0.2, 0.25) is 0 Å². The number of aliphatic hydroxyl groups excluding tert-OH is 8. The van der Waals surface area contributed by atoms with Gasteiger partial charge in [0, 0.05) is 33.4 Å². The van der Waals surface area contributed by atoms with Gasteiger partial charge in [-0.25, -0.2) is 4.18 Å². The van der Waals surface area contributed by atoms with E-state index in [2.05, 4.69) is 32.4 Å². The summed E-state index contributed by atoms with van der Waals surface area (Å²) in [5, 5.41) is 99.6. The highest BCUT2D eigenvalue weighted by Gasteiger charge is 2.56. The van der Waals surface area contributed by atoms with Crippen LogP contribution in [0.1, 0.15) is 95.8 Å². The van der Waals surface area contributed by atoms with Gasteiger partial charge in [-0.05, 0) is 24.6 Å². The molecular formula is C50H82N4O25S. The monoisotopic (exact) mass is 1170 g/mol. The molecule has 0 aromatic heterocycles. The number of hydrogen-bond donors (Lipinski definition) is 12. The molecule has 0 bridgehead atoms. The minimum absolute atomic E-state index is 0.0822. The summed E-state index contributed by atoms with van der Waals surface area (Å²) in [6.07, 6.45) is -18.0. The van der Waals surface area contributed by atoms with Crippen LogP contribution in [0.3, 0.4) is 0 Å². The lowest BCUT2D eigenvalue weighted by Gasteiger charge is -2.51. The molecule has 4 fully saturated rings. The maximum absolute atomic E-state index is 13.8. The number of amides is 4. The third-order valence-electron chi connectivity index (χ3n) is 14.0. The number of unbranched alkanes of at least 4 members (excludes halogenated alkanes) is 8. The first-order valence-corrected chi connectivity index (χ1v) is 28.1. The van der Waals surface area contributed by atoms with E-state index in [1.54, 1.807) is 12.1 Å². The number of nitrogens with one attached hydrogen (secondary N) is 4. The molecule has 458 valence electrons. The number of ether oxygens (including phenoxy) is 9. The van der Waals surface area contributed by atoms with Gasteiger partial charge in [0.1, 0.15) is 103 Å². The third-order valence-corrected chi connectivity index (χ3v) is 14.8. The van der Waals surface area contributed by atoms with Crippen molar-refractivity contribution >= 4 is 34.0 Å². The average Bonchev–Trinajstić information content (AvgIpc) is 3.50. The van der Waals surface area contributed by atoms with Crippen LogP contribution in [0.15, 0.2) is 24.3 Å². The third kappa shape index (κ3) is 18.3. The van der Waals surface area contributed by atoms with E-state index in [1.165, 1.54) is 51.3 Å². The number of carbonyl (C=O) groups is 4. The molecule has 0 radical (unpaired) electrons. The van der Waals surface area contributed by atoms with Crippen molar-refractivity contribution in [2.24, 2.45) is 0 Å². The maximum atomic E-state index is 13.8. The molecule has 4 aliphatic heterocycles. The summed E-state index contributed by atoms with van der Waals surface area (Å²) in [5.41, 5.74) is 0.0822. The van der Waals surface area contributed by atoms with Gasteiger partial charge in [-0.3, -0.25) is 23.4 Å². The molecule has 4 heterocycles. The van der Waals surface area contributed by atoms with E-state index < -0.39 is 183 Å². The van der Waals surface area contributed by atoms with Crippen molar-refractivity contribution in [3.05, 3.63) is 29.8 Å². The Bertz CT molecular complexity index is 2210. The number of hydrogen-bond acceptors (Lipinski definition) is 25. The van der Waals surface area contributed by atoms with Gasteiger partial charge >= 0.3 is 10.4 Å². The molecule has 1 aromatic rings. The first-order chi connectivity index (χ1) is 38.1. The van der Waals surface area contributed by atoms with Gasteiger partial charge in [-0.15, -0.1) is 0 Å². The average molecular weight is 1170 g/mol. The molecule has 4 saturated heterocycles. The zero-order chi connectivity index (χ0) is 58.8. The smallest absolute Gasteiger partial charge is 0.399 e. The fourth-order valence-electron chi connectivity index (χ4n) is 9.87. The van der Waals surface area contributed by atoms with Crippen molar-refractivity contribution in [1.29, 1.82) is 0 Å². The number of carbonyl (C=O) groups excluding carboxylic acids is 4. The number of methoxy groups -OCH3 is 1. The fraction of sp³-hybridized carbons (Fsp3) is 0.800. The molecule has 12 N–H and O–H groups in total. The highest BCUT2D eigenvalue weighted by molar-refractivity contribution is 7.81. The van der Waals surface area contributed by atoms with Crippen LogP contribution >= 0.6 is 0 Å². The van der Waals surface area contributed by atoms with Crippen molar-refractivity contribution in [1.82, 2.24) is 21.3 Å². The summed E-state index contributed by atoms with van der Waals surface area (Å²) in [6, 6.07) is -0.202. The van der Waals surface area contributed by atoms with E-state index in [0.29, 0.717) is 12.4 Å². The molecule has 80 heavy (non-hydrogen) atoms. The Labute approximate surface area is 464 Å². The molecule has 4 amide bonds. The lowest BCUT2D eigenvalue weighted by molar-refractivity contribution is -0.362. The summed E-state index contributed by atoms with van der Waals surface area (Å²) in [5.74, 6) is -2.62. The van der Waals surface area contributed by atoms with Crippen molar-refractivity contribution in [2.45, 2.75) is 208 Å². The van der Waals surface area contributed by atoms with Crippen LogP contribution in [0.25, 0.3) is 0 Å². The zero-order valence-electron chi connectivity index (χ0n) is 45.7. The van der Waals surface area contributed by atoms with Crippen LogP contribution in [0.5, 0.6) is 5.75 Å². The Kier molecular flexibility index (Phi) is 27.0. The standard InChI is InChI=1S/C50H82N4O25S/c1-7-8-9-10-11-12-13-14-15-19-71-29-18-16-17-28(20-29)46(66)54-34-39(62)38(61)30(21-55)73-48(34)77-43-31(22-56)74-49(36(41(43)64)52-26(3)59)78-44-32(23-57)75-50(37(42(44)65)53-27(4)60)79-45-33(24-72-80(67,68)70-6)76-47(69-5)35(40(45)63)51-25(2)58/h16-18,20,30-45,47-50,55-57,61-65H,7-15,19,21-24H2,1-6H3,(H,51,58)(H,52,59)(H,53,60)(H,54,66). The number of rotatable bonds is 30. The van der Waals surface area contributed by atoms with E-state index in [9.17, 15) is 68.4 Å². The first kappa shape index (κ1) is 66.9. The van der Waals surface area contributed by atoms with Gasteiger partial charge in [0.25, 0.3) is 5.91 Å². The molecule has 20 atom stereocenters. The van der Waals surface area contributed by atoms with Gasteiger partial charge in [0.05, 0.1) is 40.1 Å². The molecule has 5 rings (SSSR count). The van der Waals surface area contributed by atoms with Gasteiger partial charge in [0.15, 0.2) is 25.2 Å². The number of benzene rings is 1. The maximum Gasteiger partial charge on any atom is 0.399 e. The number of aliphatic hydroxyl groups is 8. The van der Waals surface area contributed by atoms with E-state index in [1.807, 2.05) is 0 Å². The Balaban J connectivity index is 1.35. The normalized spacial score (nSPS) is 34.7. The van der Waals surface area contributed by atoms with Gasteiger partial charge in [-0.2, -0.15) is 8.42 Å². The van der Waals surface area contributed by atoms with Crippen molar-refractivity contribution < 1.29 is 119 Å². The van der Waals surface area contributed by atoms with Gasteiger partial charge in [-0.1, -0.05) is 64.4 Å². The van der Waals surface area contributed by atoms with Gasteiger partial charge < -0.3 is 105 Å². The lowest BCUT2D eigenvalue weighted by atomic mass is 9.93. The Hall–Kier alpha value is -3.87. The summed E-state index contributed by atoms with van der Waals surface area (Å²) in [4.78, 5) is 51.5. The predicted octanol–water partition coefficient (Wildman–Crippen LogP) is -3.40. The minimum atomic E-state index is -4.62. The summed E-state index contributed by atoms with van der Waals surface area (Å²) in [6.45, 7) is 2.12. The van der Waals surface area contributed by atoms with E-state index >= 15 is 0 Å². The Morgan fingerprint density at radius 3 is 1.43 bits per heavy atom. The van der Waals surface area contributed by atoms with Crippen molar-refractivity contribution in [3.63, 3.8) is 0 Å². The summed E-state index contributed by atoms with van der Waals surface area (Å²) < 4.78 is 87.1. The van der Waals surface area contributed by atoms with Crippen LogP contribution in [-0.4, -0.2) is 243 Å². The molecule has 30 heteroatoms. The van der Waals surface area contributed by atoms with E-state index in [4.69, 9.17) is 46.8 Å². The van der Waals surface area contributed by atoms with E-state index in [-0.39, 0.29) is 5.56 Å². The lowest BCUT2D eigenvalue weighted by Crippen LogP contribution is -2.71. The predicted molar refractivity (Wildman–Crippen MR) is 273 cm³/mol. The highest BCUT2D eigenvalue weighted by atomic mass is 32.3. The van der Waals surface area contributed by atoms with Gasteiger partial charge in [0.2, 0.25) is 17.7 Å². The summed E-state index contributed by atoms with van der Waals surface area (Å²) >= 11 is 0. The van der Waals surface area contributed by atoms with Crippen LogP contribution in [0.4, 0.5) is 0 Å². The second kappa shape index (κ2) is 32.3. The van der Waals surface area contributed by atoms with E-state index in [0.717, 1.165) is 53.6 Å². The molecule has 0 aliphatic carbocycles. The second-order valence-corrected chi connectivity index (χ2v) is 21.3. The largest absolute Gasteiger partial charge is 0.494 e. The molecule has 0 spiro atoms. The van der Waals surface area contributed by atoms with Crippen molar-refractivity contribution in [3.8, 4) is 5.75 Å². The molecule has 4 aliphatic rings. The fourth-order valence-corrected chi connectivity index (χ4v) is 10.3. The Morgan fingerprint density at radius 1 is 0.550 bits per heavy atom. The molecule has 0 saturated carbocycles. The van der Waals surface area contributed by atoms with Crippen molar-refractivity contribution in [2.75, 3.05) is 47.3 Å². The van der Waals surface area contributed by atoms with Crippen LogP contribution in [-0.2, 0) is 71.0 Å². The zero-order valence-corrected chi connectivity index (χ0v) is 46.5. The quantitative estimate of drug-likeness (QED) is 0.0334. The Morgan fingerprint density at radius 2 is 0.975 bits per heavy atom. The molecular weight excluding hydrogens is 1090 g/mol. The molecule has 1 aromatic carbocycles. The summed E-state index contributed by atoms with van der Waals surface area (Å²) in [7, 11) is -2.64. The first-order valence-electron chi connectivity index (χ1n) is 26.8. The molecule has 20 unspecified atom stereocenters. The topological polar surface area (TPSA) is 414 Å².